The van der Waals surface area contributed by atoms with Gasteiger partial charge < -0.3 is 5.32 Å². The summed E-state index contributed by atoms with van der Waals surface area (Å²) in [5.41, 5.74) is 1.85. The number of carbonyl (C=O) groups excluding carboxylic acids is 1. The molecule has 0 aliphatic heterocycles. The van der Waals surface area contributed by atoms with Crippen molar-refractivity contribution in [2.24, 2.45) is 0 Å². The van der Waals surface area contributed by atoms with Gasteiger partial charge >= 0.3 is 0 Å². The summed E-state index contributed by atoms with van der Waals surface area (Å²) in [7, 11) is 0. The van der Waals surface area contributed by atoms with Crippen LogP contribution in [-0.4, -0.2) is 22.0 Å². The molecule has 5 nitrogen and oxygen atoms in total. The molecule has 0 spiro atoms. The lowest BCUT2D eigenvalue weighted by molar-refractivity contribution is -0.121. The van der Waals surface area contributed by atoms with E-state index in [-0.39, 0.29) is 11.5 Å². The predicted molar refractivity (Wildman–Crippen MR) is 85.6 cm³/mol. The molecule has 0 atom stereocenters. The third-order valence-corrected chi connectivity index (χ3v) is 3.40. The molecule has 0 aliphatic carbocycles. The maximum absolute atomic E-state index is 11.7. The third-order valence-electron chi connectivity index (χ3n) is 3.40. The van der Waals surface area contributed by atoms with Crippen LogP contribution in [0.15, 0.2) is 47.5 Å². The normalized spacial score (nSPS) is 10.4. The molecule has 0 aliphatic rings. The van der Waals surface area contributed by atoms with Crippen molar-refractivity contribution in [2.45, 2.75) is 32.7 Å². The van der Waals surface area contributed by atoms with Gasteiger partial charge in [0, 0.05) is 31.3 Å². The summed E-state index contributed by atoms with van der Waals surface area (Å²) >= 11 is 0. The van der Waals surface area contributed by atoms with E-state index >= 15 is 0 Å². The maximum atomic E-state index is 11.7. The fourth-order valence-corrected chi connectivity index (χ4v) is 2.19. The molecule has 1 aromatic heterocycles. The first-order valence-corrected chi connectivity index (χ1v) is 7.49. The van der Waals surface area contributed by atoms with E-state index in [1.54, 1.807) is 6.92 Å². The van der Waals surface area contributed by atoms with E-state index in [2.05, 4.69) is 22.4 Å². The number of benzene rings is 1. The number of nitrogens with one attached hydrogen (secondary N) is 1. The van der Waals surface area contributed by atoms with Crippen LogP contribution >= 0.6 is 0 Å². The van der Waals surface area contributed by atoms with Gasteiger partial charge in [-0.25, -0.2) is 4.98 Å². The number of aromatic nitrogens is 2. The molecule has 116 valence electrons. The van der Waals surface area contributed by atoms with Gasteiger partial charge in [0.2, 0.25) is 5.91 Å². The molecule has 22 heavy (non-hydrogen) atoms. The molecule has 1 N–H and O–H groups in total. The lowest BCUT2D eigenvalue weighted by atomic mass is 10.1. The van der Waals surface area contributed by atoms with Gasteiger partial charge in [0.1, 0.15) is 0 Å². The van der Waals surface area contributed by atoms with E-state index in [9.17, 15) is 9.59 Å². The second kappa shape index (κ2) is 8.12. The van der Waals surface area contributed by atoms with Crippen LogP contribution in [0.25, 0.3) is 0 Å². The minimum Gasteiger partial charge on any atom is -0.354 e. The SMILES string of the molecule is Cc1cc(=O)n(CCNC(=O)CCCc2ccccc2)cn1. The summed E-state index contributed by atoms with van der Waals surface area (Å²) < 4.78 is 1.50. The van der Waals surface area contributed by atoms with E-state index in [1.165, 1.54) is 22.5 Å². The van der Waals surface area contributed by atoms with Gasteiger partial charge in [-0.15, -0.1) is 0 Å². The summed E-state index contributed by atoms with van der Waals surface area (Å²) in [5.74, 6) is 0.0176. The van der Waals surface area contributed by atoms with E-state index in [4.69, 9.17) is 0 Å². The predicted octanol–water partition coefficient (Wildman–Crippen LogP) is 1.69. The third kappa shape index (κ3) is 5.16. The zero-order chi connectivity index (χ0) is 15.8. The fraction of sp³-hybridized carbons (Fsp3) is 0.353. The molecule has 0 saturated heterocycles. The van der Waals surface area contributed by atoms with Crippen molar-refractivity contribution < 1.29 is 4.79 Å². The van der Waals surface area contributed by atoms with Crippen LogP contribution in [0.4, 0.5) is 0 Å². The van der Waals surface area contributed by atoms with Gasteiger partial charge in [-0.05, 0) is 25.3 Å². The molecule has 1 amide bonds. The van der Waals surface area contributed by atoms with Crippen molar-refractivity contribution in [2.75, 3.05) is 6.54 Å². The highest BCUT2D eigenvalue weighted by atomic mass is 16.1. The largest absolute Gasteiger partial charge is 0.354 e. The highest BCUT2D eigenvalue weighted by molar-refractivity contribution is 5.75. The van der Waals surface area contributed by atoms with Crippen LogP contribution in [0.1, 0.15) is 24.1 Å². The Labute approximate surface area is 130 Å². The van der Waals surface area contributed by atoms with Gasteiger partial charge in [-0.1, -0.05) is 30.3 Å². The van der Waals surface area contributed by atoms with Crippen LogP contribution in [-0.2, 0) is 17.8 Å². The highest BCUT2D eigenvalue weighted by Crippen LogP contribution is 2.04. The molecule has 0 bridgehead atoms. The average molecular weight is 299 g/mol. The monoisotopic (exact) mass is 299 g/mol. The lowest BCUT2D eigenvalue weighted by Gasteiger charge is -2.07. The quantitative estimate of drug-likeness (QED) is 0.846. The first-order valence-electron chi connectivity index (χ1n) is 7.49. The summed E-state index contributed by atoms with van der Waals surface area (Å²) in [6.07, 6.45) is 3.73. The van der Waals surface area contributed by atoms with Crippen LogP contribution < -0.4 is 10.9 Å². The summed E-state index contributed by atoms with van der Waals surface area (Å²) in [4.78, 5) is 27.5. The van der Waals surface area contributed by atoms with Gasteiger partial charge in [-0.3, -0.25) is 14.2 Å². The Morgan fingerprint density at radius 2 is 2.05 bits per heavy atom. The minimum atomic E-state index is -0.0918. The molecule has 0 radical (unpaired) electrons. The Kier molecular flexibility index (Phi) is 5.89. The fourth-order valence-electron chi connectivity index (χ4n) is 2.19. The van der Waals surface area contributed by atoms with Crippen molar-refractivity contribution in [1.29, 1.82) is 0 Å². The molecule has 1 heterocycles. The van der Waals surface area contributed by atoms with E-state index in [0.717, 1.165) is 12.8 Å². The molecular weight excluding hydrogens is 278 g/mol. The van der Waals surface area contributed by atoms with Crippen LogP contribution in [0.5, 0.6) is 0 Å². The number of rotatable bonds is 7. The van der Waals surface area contributed by atoms with Crippen molar-refractivity contribution >= 4 is 5.91 Å². The second-order valence-corrected chi connectivity index (χ2v) is 5.25. The average Bonchev–Trinajstić information content (AvgIpc) is 2.50. The van der Waals surface area contributed by atoms with Crippen molar-refractivity contribution in [1.82, 2.24) is 14.9 Å². The molecule has 5 heteroatoms. The van der Waals surface area contributed by atoms with Gasteiger partial charge in [0.15, 0.2) is 0 Å². The first kappa shape index (κ1) is 15.9. The van der Waals surface area contributed by atoms with Gasteiger partial charge in [-0.2, -0.15) is 0 Å². The smallest absolute Gasteiger partial charge is 0.253 e. The second-order valence-electron chi connectivity index (χ2n) is 5.25. The van der Waals surface area contributed by atoms with Crippen molar-refractivity contribution in [3.8, 4) is 0 Å². The topological polar surface area (TPSA) is 64.0 Å². The van der Waals surface area contributed by atoms with Crippen LogP contribution in [0, 0.1) is 6.92 Å². The summed E-state index contributed by atoms with van der Waals surface area (Å²) in [6, 6.07) is 11.6. The molecule has 2 rings (SSSR count). The highest BCUT2D eigenvalue weighted by Gasteiger charge is 2.02. The van der Waals surface area contributed by atoms with Crippen molar-refractivity contribution in [3.63, 3.8) is 0 Å². The number of aryl methyl sites for hydroxylation is 2. The Morgan fingerprint density at radius 3 is 2.77 bits per heavy atom. The molecule has 0 unspecified atom stereocenters. The van der Waals surface area contributed by atoms with Gasteiger partial charge in [0.25, 0.3) is 5.56 Å². The number of hydrogen-bond donors (Lipinski definition) is 1. The number of amides is 1. The van der Waals surface area contributed by atoms with Crippen LogP contribution in [0.2, 0.25) is 0 Å². The zero-order valence-electron chi connectivity index (χ0n) is 12.8. The lowest BCUT2D eigenvalue weighted by Crippen LogP contribution is -2.30. The maximum Gasteiger partial charge on any atom is 0.253 e. The Hall–Kier alpha value is -2.43. The van der Waals surface area contributed by atoms with Crippen LogP contribution in [0.3, 0.4) is 0 Å². The Morgan fingerprint density at radius 1 is 1.27 bits per heavy atom. The molecule has 0 saturated carbocycles. The number of nitrogens with zero attached hydrogens (tertiary/aromatic N) is 2. The van der Waals surface area contributed by atoms with E-state index in [0.29, 0.717) is 25.2 Å². The van der Waals surface area contributed by atoms with E-state index < -0.39 is 0 Å². The zero-order valence-corrected chi connectivity index (χ0v) is 12.8. The molecular formula is C17H21N3O2. The van der Waals surface area contributed by atoms with E-state index in [1.807, 2.05) is 18.2 Å². The minimum absolute atomic E-state index is 0.0176. The summed E-state index contributed by atoms with van der Waals surface area (Å²) in [5, 5.41) is 2.83. The molecule has 0 fully saturated rings. The Balaban J connectivity index is 1.66. The number of carbonyl (C=O) groups is 1. The van der Waals surface area contributed by atoms with Crippen molar-refractivity contribution in [3.05, 3.63) is 64.3 Å². The van der Waals surface area contributed by atoms with Gasteiger partial charge in [0.05, 0.1) is 6.33 Å². The summed E-state index contributed by atoms with van der Waals surface area (Å²) in [6.45, 7) is 2.66. The first-order chi connectivity index (χ1) is 10.6. The Bertz CT molecular complexity index is 665. The molecule has 2 aromatic rings. The number of hydrogen-bond acceptors (Lipinski definition) is 3. The molecule has 1 aromatic carbocycles. The standard InChI is InChI=1S/C17H21N3O2/c1-14-12-17(22)20(13-19-14)11-10-18-16(21)9-5-8-15-6-3-2-4-7-15/h2-4,6-7,12-13H,5,8-11H2,1H3,(H,18,21).